The fourth-order valence-corrected chi connectivity index (χ4v) is 4.77. The summed E-state index contributed by atoms with van der Waals surface area (Å²) in [4.78, 5) is 10.7. The first-order chi connectivity index (χ1) is 15.3. The van der Waals surface area contributed by atoms with Crippen LogP contribution in [0.1, 0.15) is 40.7 Å². The maximum absolute atomic E-state index is 4.00. The Morgan fingerprint density at radius 1 is 0.903 bits per heavy atom. The van der Waals surface area contributed by atoms with Gasteiger partial charge in [-0.05, 0) is 61.1 Å². The molecule has 156 valence electrons. The summed E-state index contributed by atoms with van der Waals surface area (Å²) in [6.07, 6.45) is 9.94. The van der Waals surface area contributed by atoms with Crippen molar-refractivity contribution in [1.29, 1.82) is 0 Å². The lowest BCUT2D eigenvalue weighted by molar-refractivity contribution is 0.140. The van der Waals surface area contributed by atoms with Crippen LogP contribution >= 0.6 is 0 Å². The van der Waals surface area contributed by atoms with Crippen LogP contribution < -0.4 is 5.32 Å². The van der Waals surface area contributed by atoms with Crippen molar-refractivity contribution in [3.05, 3.63) is 95.1 Å². The van der Waals surface area contributed by atoms with Crippen LogP contribution in [0, 0.1) is 11.8 Å². The van der Waals surface area contributed by atoms with Gasteiger partial charge in [0.25, 0.3) is 0 Å². The van der Waals surface area contributed by atoms with Crippen LogP contribution in [0.5, 0.6) is 0 Å². The van der Waals surface area contributed by atoms with Crippen molar-refractivity contribution >= 4 is 0 Å². The molecule has 1 fully saturated rings. The Morgan fingerprint density at radius 2 is 1.61 bits per heavy atom. The van der Waals surface area contributed by atoms with E-state index < -0.39 is 0 Å². The molecular formula is C27H28N4. The summed E-state index contributed by atoms with van der Waals surface area (Å²) < 4.78 is 0. The van der Waals surface area contributed by atoms with E-state index in [0.29, 0.717) is 12.1 Å². The van der Waals surface area contributed by atoms with Crippen molar-refractivity contribution in [1.82, 2.24) is 20.2 Å². The van der Waals surface area contributed by atoms with Gasteiger partial charge < -0.3 is 5.32 Å². The highest BCUT2D eigenvalue weighted by Gasteiger charge is 2.30. The van der Waals surface area contributed by atoms with Crippen molar-refractivity contribution in [3.63, 3.8) is 0 Å². The highest BCUT2D eigenvalue weighted by Crippen LogP contribution is 2.27. The van der Waals surface area contributed by atoms with Gasteiger partial charge in [-0.15, -0.1) is 0 Å². The Labute approximate surface area is 184 Å². The monoisotopic (exact) mass is 408 g/mol. The van der Waals surface area contributed by atoms with Crippen LogP contribution in [0.2, 0.25) is 0 Å². The topological polar surface area (TPSA) is 41.1 Å². The molecule has 1 N–H and O–H groups in total. The van der Waals surface area contributed by atoms with E-state index in [1.165, 1.54) is 44.1 Å². The van der Waals surface area contributed by atoms with E-state index in [9.17, 15) is 0 Å². The Bertz CT molecular complexity index is 1040. The molecule has 0 bridgehead atoms. The molecule has 0 spiro atoms. The molecule has 4 nitrogen and oxygen atoms in total. The number of hydrogen-bond acceptors (Lipinski definition) is 4. The first-order valence-corrected chi connectivity index (χ1v) is 11.2. The maximum atomic E-state index is 4.00. The summed E-state index contributed by atoms with van der Waals surface area (Å²) in [6.45, 7) is 3.29. The van der Waals surface area contributed by atoms with E-state index in [2.05, 4.69) is 80.6 Å². The molecule has 2 aromatic carbocycles. The summed E-state index contributed by atoms with van der Waals surface area (Å²) in [7, 11) is 0. The van der Waals surface area contributed by atoms with E-state index in [4.69, 9.17) is 0 Å². The second kappa shape index (κ2) is 9.43. The third-order valence-corrected chi connectivity index (χ3v) is 6.46. The molecule has 2 heterocycles. The molecule has 1 saturated heterocycles. The summed E-state index contributed by atoms with van der Waals surface area (Å²) in [6, 6.07) is 18.7. The van der Waals surface area contributed by atoms with Gasteiger partial charge in [0.15, 0.2) is 0 Å². The van der Waals surface area contributed by atoms with Gasteiger partial charge in [0, 0.05) is 43.1 Å². The van der Waals surface area contributed by atoms with Crippen molar-refractivity contribution in [2.45, 2.75) is 44.3 Å². The third kappa shape index (κ3) is 5.02. The summed E-state index contributed by atoms with van der Waals surface area (Å²) >= 11 is 0. The number of benzene rings is 2. The molecule has 0 amide bonds. The van der Waals surface area contributed by atoms with Gasteiger partial charge in [-0.2, -0.15) is 0 Å². The number of rotatable bonds is 4. The van der Waals surface area contributed by atoms with Crippen LogP contribution in [0.4, 0.5) is 0 Å². The second-order valence-electron chi connectivity index (χ2n) is 8.62. The number of hydrogen-bond donors (Lipinski definition) is 1. The SMILES string of the molecule is C(#Cc1cncnc1)c1ccc(CN[C@H]2CCCN(C3Cc4ccccc4C3)C2)cc1. The molecule has 3 aromatic rings. The normalized spacial score (nSPS) is 18.9. The molecule has 0 unspecified atom stereocenters. The van der Waals surface area contributed by atoms with Crippen molar-refractivity contribution in [3.8, 4) is 11.8 Å². The maximum Gasteiger partial charge on any atom is 0.115 e. The Kier molecular flexibility index (Phi) is 6.06. The average molecular weight is 409 g/mol. The number of piperidine rings is 1. The predicted octanol–water partition coefficient (Wildman–Crippen LogP) is 3.60. The molecule has 4 heteroatoms. The Hall–Kier alpha value is -3.00. The minimum atomic E-state index is 0.565. The minimum Gasteiger partial charge on any atom is -0.309 e. The molecule has 1 aliphatic heterocycles. The van der Waals surface area contributed by atoms with Crippen LogP contribution in [0.25, 0.3) is 0 Å². The number of aromatic nitrogens is 2. The molecule has 0 radical (unpaired) electrons. The second-order valence-corrected chi connectivity index (χ2v) is 8.62. The largest absolute Gasteiger partial charge is 0.309 e. The van der Waals surface area contributed by atoms with Gasteiger partial charge in [0.05, 0.1) is 5.56 Å². The van der Waals surface area contributed by atoms with Crippen molar-refractivity contribution < 1.29 is 0 Å². The minimum absolute atomic E-state index is 0.565. The molecule has 2 aliphatic rings. The zero-order chi connectivity index (χ0) is 20.9. The molecule has 0 saturated carbocycles. The summed E-state index contributed by atoms with van der Waals surface area (Å²) in [5.41, 5.74) is 6.24. The molecule has 31 heavy (non-hydrogen) atoms. The quantitative estimate of drug-likeness (QED) is 0.670. The fraction of sp³-hybridized carbons (Fsp3) is 0.333. The number of fused-ring (bicyclic) bond motifs is 1. The van der Waals surface area contributed by atoms with Gasteiger partial charge in [0.2, 0.25) is 0 Å². The zero-order valence-electron chi connectivity index (χ0n) is 17.8. The van der Waals surface area contributed by atoms with Gasteiger partial charge in [-0.1, -0.05) is 48.2 Å². The zero-order valence-corrected chi connectivity index (χ0v) is 17.8. The van der Waals surface area contributed by atoms with E-state index in [0.717, 1.165) is 24.2 Å². The average Bonchev–Trinajstić information content (AvgIpc) is 3.27. The van der Waals surface area contributed by atoms with E-state index in [1.807, 2.05) is 0 Å². The van der Waals surface area contributed by atoms with Crippen LogP contribution in [0.15, 0.2) is 67.3 Å². The van der Waals surface area contributed by atoms with Gasteiger partial charge >= 0.3 is 0 Å². The van der Waals surface area contributed by atoms with E-state index >= 15 is 0 Å². The summed E-state index contributed by atoms with van der Waals surface area (Å²) in [5.74, 6) is 6.29. The molecular weight excluding hydrogens is 380 g/mol. The van der Waals surface area contributed by atoms with Gasteiger partial charge in [-0.3, -0.25) is 4.90 Å². The highest BCUT2D eigenvalue weighted by molar-refractivity contribution is 5.41. The molecule has 1 aromatic heterocycles. The molecule has 1 atom stereocenters. The molecule has 1 aliphatic carbocycles. The lowest BCUT2D eigenvalue weighted by Gasteiger charge is -2.37. The number of nitrogens with zero attached hydrogens (tertiary/aromatic N) is 3. The highest BCUT2D eigenvalue weighted by atomic mass is 15.2. The van der Waals surface area contributed by atoms with Crippen LogP contribution in [0.3, 0.4) is 0 Å². The first-order valence-electron chi connectivity index (χ1n) is 11.2. The Morgan fingerprint density at radius 3 is 2.35 bits per heavy atom. The molecule has 5 rings (SSSR count). The fourth-order valence-electron chi connectivity index (χ4n) is 4.77. The predicted molar refractivity (Wildman–Crippen MR) is 124 cm³/mol. The first kappa shape index (κ1) is 19.9. The smallest absolute Gasteiger partial charge is 0.115 e. The standard InChI is InChI=1S/C27H28N4/c1-2-5-25-15-27(14-24(25)4-1)31-13-3-6-26(19-31)30-18-22-10-7-21(8-11-22)9-12-23-16-28-20-29-17-23/h1-2,4-5,7-8,10-11,16-17,20,26-27,30H,3,6,13-15,18-19H2/t26-/m0/s1. The number of likely N-dealkylation sites (tertiary alicyclic amines) is 1. The van der Waals surface area contributed by atoms with Crippen LogP contribution in [-0.4, -0.2) is 40.0 Å². The van der Waals surface area contributed by atoms with Gasteiger partial charge in [0.1, 0.15) is 6.33 Å². The van der Waals surface area contributed by atoms with Gasteiger partial charge in [-0.25, -0.2) is 9.97 Å². The van der Waals surface area contributed by atoms with Crippen LogP contribution in [-0.2, 0) is 19.4 Å². The Balaban J connectivity index is 1.13. The van der Waals surface area contributed by atoms with E-state index in [-0.39, 0.29) is 0 Å². The van der Waals surface area contributed by atoms with E-state index in [1.54, 1.807) is 23.5 Å². The van der Waals surface area contributed by atoms with Crippen molar-refractivity contribution in [2.24, 2.45) is 0 Å². The summed E-state index contributed by atoms with van der Waals surface area (Å²) in [5, 5.41) is 3.80. The lowest BCUT2D eigenvalue weighted by atomic mass is 10.0. The number of nitrogens with one attached hydrogen (secondary N) is 1. The third-order valence-electron chi connectivity index (χ3n) is 6.46. The lowest BCUT2D eigenvalue weighted by Crippen LogP contribution is -2.49. The van der Waals surface area contributed by atoms with Crippen molar-refractivity contribution in [2.75, 3.05) is 13.1 Å².